The van der Waals surface area contributed by atoms with Crippen molar-refractivity contribution in [3.05, 3.63) is 71.0 Å². The third-order valence-electron chi connectivity index (χ3n) is 5.43. The molecule has 0 aromatic heterocycles. The van der Waals surface area contributed by atoms with Crippen LogP contribution in [0.3, 0.4) is 0 Å². The molecule has 2 aliphatic heterocycles. The number of benzene rings is 2. The molecule has 0 aliphatic carbocycles. The van der Waals surface area contributed by atoms with Gasteiger partial charge in [-0.05, 0) is 29.8 Å². The number of ether oxygens (including phenoxy) is 3. The lowest BCUT2D eigenvalue weighted by molar-refractivity contribution is -0.274. The minimum Gasteiger partial charge on any atom is -0.450 e. The van der Waals surface area contributed by atoms with Crippen molar-refractivity contribution < 1.29 is 27.4 Å². The maximum Gasteiger partial charge on any atom is 0.573 e. The van der Waals surface area contributed by atoms with Crippen LogP contribution < -0.4 is 15.2 Å². The van der Waals surface area contributed by atoms with Crippen molar-refractivity contribution in [3.63, 3.8) is 0 Å². The third-order valence-corrected chi connectivity index (χ3v) is 5.68. The van der Waals surface area contributed by atoms with Crippen LogP contribution in [0.1, 0.15) is 5.56 Å². The predicted molar refractivity (Wildman–Crippen MR) is 129 cm³/mol. The lowest BCUT2D eigenvalue weighted by Crippen LogP contribution is -2.45. The zero-order valence-corrected chi connectivity index (χ0v) is 20.4. The minimum atomic E-state index is -4.80. The number of hydrogen-bond acceptors (Lipinski definition) is 8. The fraction of sp³-hybridized carbons (Fsp3) is 0.375. The van der Waals surface area contributed by atoms with E-state index in [-0.39, 0.29) is 11.5 Å². The number of halogens is 4. The number of nitrogens with zero attached hydrogens (tertiary/aromatic N) is 4. The highest BCUT2D eigenvalue weighted by atomic mass is 35.5. The van der Waals surface area contributed by atoms with Gasteiger partial charge in [-0.15, -0.1) is 13.2 Å². The maximum atomic E-state index is 12.7. The summed E-state index contributed by atoms with van der Waals surface area (Å²) in [5.41, 5.74) is 7.28. The Morgan fingerprint density at radius 2 is 1.86 bits per heavy atom. The van der Waals surface area contributed by atoms with Gasteiger partial charge in [-0.3, -0.25) is 0 Å². The van der Waals surface area contributed by atoms with Crippen LogP contribution in [0.4, 0.5) is 13.2 Å². The van der Waals surface area contributed by atoms with Crippen molar-refractivity contribution in [1.82, 2.24) is 14.7 Å². The van der Waals surface area contributed by atoms with Crippen molar-refractivity contribution in [1.29, 1.82) is 0 Å². The van der Waals surface area contributed by atoms with Crippen molar-refractivity contribution in [3.8, 4) is 11.5 Å². The molecular weight excluding hydrogens is 499 g/mol. The lowest BCUT2D eigenvalue weighted by atomic mass is 10.2. The topological polar surface area (TPSA) is 75.8 Å². The Balaban J connectivity index is 1.58. The summed E-state index contributed by atoms with van der Waals surface area (Å²) in [7, 11) is 1.92. The van der Waals surface area contributed by atoms with Gasteiger partial charge in [0.1, 0.15) is 17.2 Å². The Hall–Kier alpha value is -3.15. The van der Waals surface area contributed by atoms with Crippen molar-refractivity contribution in [2.75, 3.05) is 40.0 Å². The number of rotatable bonds is 10. The summed E-state index contributed by atoms with van der Waals surface area (Å²) in [6, 6.07) is 12.8. The van der Waals surface area contributed by atoms with Gasteiger partial charge in [0, 0.05) is 44.0 Å². The van der Waals surface area contributed by atoms with Crippen LogP contribution in [-0.2, 0) is 11.3 Å². The second-order valence-electron chi connectivity index (χ2n) is 8.24. The number of nitrogens with two attached hydrogens (primary N) is 1. The average Bonchev–Trinajstić information content (AvgIpc) is 3.15. The monoisotopic (exact) mass is 525 g/mol. The highest BCUT2D eigenvalue weighted by molar-refractivity contribution is 6.30. The summed E-state index contributed by atoms with van der Waals surface area (Å²) in [6.07, 6.45) is -3.61. The van der Waals surface area contributed by atoms with E-state index in [0.717, 1.165) is 17.1 Å². The molecule has 0 spiro atoms. The SMILES string of the molecule is CN1CN(CCOCCN)C=C2C1=NC(Oc1cccc(OC(F)(F)F)c1)N2Cc1ccc(Cl)cc1. The second-order valence-corrected chi connectivity index (χ2v) is 8.68. The van der Waals surface area contributed by atoms with Crippen molar-refractivity contribution in [2.24, 2.45) is 10.7 Å². The molecule has 0 saturated heterocycles. The van der Waals surface area contributed by atoms with Crippen LogP contribution in [0.5, 0.6) is 11.5 Å². The molecule has 12 heteroatoms. The standard InChI is InChI=1S/C24H27ClF3N5O3/c1-31-16-32(10-12-34-11-9-29)15-21-22(31)30-23(33(21)14-17-5-7-18(25)8-6-17)35-19-3-2-4-20(13-19)36-24(26,27)28/h2-8,13,15,23H,9-12,14,16,29H2,1H3. The van der Waals surface area contributed by atoms with Gasteiger partial charge >= 0.3 is 6.36 Å². The molecule has 2 aromatic rings. The van der Waals surface area contributed by atoms with E-state index in [9.17, 15) is 13.2 Å². The van der Waals surface area contributed by atoms with Gasteiger partial charge in [0.2, 0.25) is 0 Å². The molecule has 0 saturated carbocycles. The van der Waals surface area contributed by atoms with E-state index in [1.807, 2.05) is 35.2 Å². The molecule has 1 unspecified atom stereocenters. The van der Waals surface area contributed by atoms with Crippen LogP contribution in [-0.4, -0.2) is 73.3 Å². The van der Waals surface area contributed by atoms with Crippen LogP contribution in [0.15, 0.2) is 65.4 Å². The van der Waals surface area contributed by atoms with Gasteiger partial charge in [0.15, 0.2) is 5.84 Å². The first-order valence-corrected chi connectivity index (χ1v) is 11.7. The largest absolute Gasteiger partial charge is 0.573 e. The van der Waals surface area contributed by atoms with Gasteiger partial charge in [-0.25, -0.2) is 4.99 Å². The summed E-state index contributed by atoms with van der Waals surface area (Å²) in [6.45, 7) is 3.14. The van der Waals surface area contributed by atoms with E-state index in [4.69, 9.17) is 31.8 Å². The molecule has 36 heavy (non-hydrogen) atoms. The van der Waals surface area contributed by atoms with E-state index < -0.39 is 12.7 Å². The number of amidine groups is 1. The number of alkyl halides is 3. The zero-order valence-electron chi connectivity index (χ0n) is 19.6. The molecule has 4 rings (SSSR count). The fourth-order valence-electron chi connectivity index (χ4n) is 3.88. The quantitative estimate of drug-likeness (QED) is 0.472. The number of aliphatic imine (C=N–C) groups is 1. The third kappa shape index (κ3) is 6.74. The maximum absolute atomic E-state index is 12.7. The van der Waals surface area contributed by atoms with E-state index in [1.54, 1.807) is 18.2 Å². The Morgan fingerprint density at radius 1 is 1.11 bits per heavy atom. The summed E-state index contributed by atoms with van der Waals surface area (Å²) in [4.78, 5) is 10.8. The Bertz CT molecular complexity index is 1100. The first-order chi connectivity index (χ1) is 17.2. The van der Waals surface area contributed by atoms with Gasteiger partial charge in [-0.1, -0.05) is 29.8 Å². The second kappa shape index (κ2) is 11.3. The first-order valence-electron chi connectivity index (χ1n) is 11.3. The fourth-order valence-corrected chi connectivity index (χ4v) is 4.00. The summed E-state index contributed by atoms with van der Waals surface area (Å²) in [5.74, 6) is 0.546. The van der Waals surface area contributed by atoms with E-state index in [0.29, 0.717) is 44.5 Å². The number of fused-ring (bicyclic) bond motifs is 1. The van der Waals surface area contributed by atoms with Gasteiger partial charge in [0.05, 0.1) is 19.9 Å². The first kappa shape index (κ1) is 25.9. The van der Waals surface area contributed by atoms with Crippen molar-refractivity contribution in [2.45, 2.75) is 19.3 Å². The van der Waals surface area contributed by atoms with Gasteiger partial charge in [0.25, 0.3) is 6.35 Å². The molecule has 2 heterocycles. The molecule has 8 nitrogen and oxygen atoms in total. The molecular formula is C24H27ClF3N5O3. The van der Waals surface area contributed by atoms with E-state index in [1.165, 1.54) is 18.2 Å². The molecule has 2 N–H and O–H groups in total. The Morgan fingerprint density at radius 3 is 2.58 bits per heavy atom. The Kier molecular flexibility index (Phi) is 8.12. The predicted octanol–water partition coefficient (Wildman–Crippen LogP) is 3.84. The van der Waals surface area contributed by atoms with Crippen LogP contribution in [0.25, 0.3) is 0 Å². The van der Waals surface area contributed by atoms with Gasteiger partial charge < -0.3 is 34.6 Å². The molecule has 0 amide bonds. The summed E-state index contributed by atoms with van der Waals surface area (Å²) >= 11 is 6.05. The van der Waals surface area contributed by atoms with E-state index in [2.05, 4.69) is 9.64 Å². The summed E-state index contributed by atoms with van der Waals surface area (Å²) < 4.78 is 53.7. The average molecular weight is 526 g/mol. The molecule has 0 radical (unpaired) electrons. The minimum absolute atomic E-state index is 0.196. The van der Waals surface area contributed by atoms with Crippen LogP contribution >= 0.6 is 11.6 Å². The lowest BCUT2D eigenvalue weighted by Gasteiger charge is -2.36. The smallest absolute Gasteiger partial charge is 0.450 e. The van der Waals surface area contributed by atoms with Crippen molar-refractivity contribution >= 4 is 17.4 Å². The normalized spacial score (nSPS) is 17.6. The molecule has 194 valence electrons. The molecule has 2 aliphatic rings. The highest BCUT2D eigenvalue weighted by Crippen LogP contribution is 2.32. The zero-order chi connectivity index (χ0) is 25.7. The number of likely N-dealkylation sites (N-methyl/N-ethyl adjacent to an activating group) is 1. The molecule has 2 aromatic carbocycles. The van der Waals surface area contributed by atoms with Gasteiger partial charge in [-0.2, -0.15) is 0 Å². The number of hydrogen-bond donors (Lipinski definition) is 1. The van der Waals surface area contributed by atoms with Crippen LogP contribution in [0, 0.1) is 0 Å². The molecule has 0 bridgehead atoms. The Labute approximate surface area is 212 Å². The molecule has 1 atom stereocenters. The highest BCUT2D eigenvalue weighted by Gasteiger charge is 2.37. The van der Waals surface area contributed by atoms with E-state index >= 15 is 0 Å². The molecule has 0 fully saturated rings. The van der Waals surface area contributed by atoms with Crippen LogP contribution in [0.2, 0.25) is 5.02 Å². The summed E-state index contributed by atoms with van der Waals surface area (Å²) in [5, 5.41) is 0.617.